The molecule has 2 aliphatic heterocycles. The second-order valence-electron chi connectivity index (χ2n) is 7.85. The molecule has 1 saturated heterocycles. The summed E-state index contributed by atoms with van der Waals surface area (Å²) in [4.78, 5) is 14.9. The number of aromatic nitrogens is 2. The molecule has 1 amide bonds. The average Bonchev–Trinajstić information content (AvgIpc) is 3.11. The molecule has 1 unspecified atom stereocenters. The number of nitrogens with zero attached hydrogens (tertiary/aromatic N) is 4. The molecule has 1 aromatic carbocycles. The molecule has 1 aromatic heterocycles. The number of piperidine rings is 1. The van der Waals surface area contributed by atoms with Crippen molar-refractivity contribution >= 4 is 27.5 Å². The number of carbonyl (C=O) groups is 1. The van der Waals surface area contributed by atoms with Crippen LogP contribution in [0.5, 0.6) is 0 Å². The van der Waals surface area contributed by atoms with Crippen LogP contribution in [0.4, 0.5) is 5.69 Å². The fraction of sp³-hybridized carbons (Fsp3) is 0.476. The van der Waals surface area contributed by atoms with Crippen LogP contribution in [0.1, 0.15) is 37.4 Å². The molecule has 1 N–H and O–H groups in total. The van der Waals surface area contributed by atoms with Gasteiger partial charge in [0.2, 0.25) is 5.91 Å². The second kappa shape index (κ2) is 8.22. The molecule has 8 nitrogen and oxygen atoms in total. The highest BCUT2D eigenvalue weighted by Gasteiger charge is 2.32. The number of sulfonamides is 1. The topological polar surface area (TPSA) is 96.7 Å². The van der Waals surface area contributed by atoms with Crippen molar-refractivity contribution in [3.05, 3.63) is 41.7 Å². The van der Waals surface area contributed by atoms with E-state index in [-0.39, 0.29) is 16.7 Å². The lowest BCUT2D eigenvalue weighted by Gasteiger charge is -2.34. The highest BCUT2D eigenvalue weighted by atomic mass is 32.2. The van der Waals surface area contributed by atoms with E-state index < -0.39 is 10.0 Å². The Morgan fingerprint density at radius 2 is 2.10 bits per heavy atom. The predicted molar refractivity (Wildman–Crippen MR) is 115 cm³/mol. The normalized spacial score (nSPS) is 20.3. The van der Waals surface area contributed by atoms with Crippen molar-refractivity contribution in [1.82, 2.24) is 14.7 Å². The third kappa shape index (κ3) is 4.12. The number of para-hydroxylation sites is 1. The lowest BCUT2D eigenvalue weighted by atomic mass is 9.96. The highest BCUT2D eigenvalue weighted by Crippen LogP contribution is 2.30. The Balaban J connectivity index is 1.43. The van der Waals surface area contributed by atoms with Gasteiger partial charge in [0.1, 0.15) is 10.7 Å². The zero-order valence-corrected chi connectivity index (χ0v) is 18.2. The van der Waals surface area contributed by atoms with Crippen molar-refractivity contribution in [3.8, 4) is 0 Å². The number of likely N-dealkylation sites (tertiary alicyclic amines) is 1. The monoisotopic (exact) mass is 429 g/mol. The number of rotatable bonds is 5. The molecule has 0 radical (unpaired) electrons. The zero-order valence-electron chi connectivity index (χ0n) is 17.3. The number of anilines is 1. The van der Waals surface area contributed by atoms with Crippen molar-refractivity contribution in [2.45, 2.75) is 51.0 Å². The van der Waals surface area contributed by atoms with Crippen LogP contribution in [0.15, 0.2) is 39.8 Å². The fourth-order valence-corrected chi connectivity index (χ4v) is 5.30. The second-order valence-corrected chi connectivity index (χ2v) is 9.42. The molecule has 0 saturated carbocycles. The molecule has 0 bridgehead atoms. The molecule has 4 rings (SSSR count). The van der Waals surface area contributed by atoms with E-state index in [1.54, 1.807) is 24.3 Å². The maximum atomic E-state index is 12.8. The summed E-state index contributed by atoms with van der Waals surface area (Å²) in [5.41, 5.74) is 2.61. The van der Waals surface area contributed by atoms with Crippen LogP contribution in [-0.2, 0) is 27.8 Å². The summed E-state index contributed by atoms with van der Waals surface area (Å²) in [6.07, 6.45) is 4.71. The molecule has 1 fully saturated rings. The van der Waals surface area contributed by atoms with Crippen LogP contribution in [-0.4, -0.2) is 47.9 Å². The van der Waals surface area contributed by atoms with E-state index in [1.807, 2.05) is 29.6 Å². The number of hydrogen-bond acceptors (Lipinski definition) is 5. The number of fused-ring (bicyclic) bond motifs is 1. The maximum Gasteiger partial charge on any atom is 0.286 e. The number of benzene rings is 1. The Bertz CT molecular complexity index is 1090. The van der Waals surface area contributed by atoms with Gasteiger partial charge in [-0.05, 0) is 50.8 Å². The van der Waals surface area contributed by atoms with Gasteiger partial charge in [-0.25, -0.2) is 0 Å². The summed E-state index contributed by atoms with van der Waals surface area (Å²) in [7, 11) is -3.72. The van der Waals surface area contributed by atoms with Gasteiger partial charge in [-0.1, -0.05) is 12.1 Å². The number of hydrogen-bond donors (Lipinski definition) is 1. The SMILES string of the molecule is CCn1cc(CCC(=O)N2CCCC(C3=NS(=O)(=O)c4ccccc4N3)C2)c(C)n1. The van der Waals surface area contributed by atoms with E-state index >= 15 is 0 Å². The maximum absolute atomic E-state index is 12.8. The van der Waals surface area contributed by atoms with E-state index in [2.05, 4.69) is 14.8 Å². The summed E-state index contributed by atoms with van der Waals surface area (Å²) < 4.78 is 31.0. The van der Waals surface area contributed by atoms with E-state index in [1.165, 1.54) is 0 Å². The Morgan fingerprint density at radius 3 is 2.87 bits per heavy atom. The van der Waals surface area contributed by atoms with Crippen LogP contribution in [0.2, 0.25) is 0 Å². The van der Waals surface area contributed by atoms with Gasteiger partial charge in [-0.3, -0.25) is 9.48 Å². The lowest BCUT2D eigenvalue weighted by molar-refractivity contribution is -0.132. The van der Waals surface area contributed by atoms with Crippen molar-refractivity contribution in [3.63, 3.8) is 0 Å². The van der Waals surface area contributed by atoms with E-state index in [4.69, 9.17) is 0 Å². The largest absolute Gasteiger partial charge is 0.342 e. The first-order valence-corrected chi connectivity index (χ1v) is 11.8. The Kier molecular flexibility index (Phi) is 5.64. The van der Waals surface area contributed by atoms with Crippen molar-refractivity contribution in [1.29, 1.82) is 0 Å². The quantitative estimate of drug-likeness (QED) is 0.788. The minimum atomic E-state index is -3.72. The third-order valence-electron chi connectivity index (χ3n) is 5.79. The fourth-order valence-electron chi connectivity index (χ4n) is 4.10. The van der Waals surface area contributed by atoms with Crippen molar-refractivity contribution < 1.29 is 13.2 Å². The number of carbonyl (C=O) groups excluding carboxylic acids is 1. The van der Waals surface area contributed by atoms with Gasteiger partial charge < -0.3 is 10.2 Å². The molecule has 30 heavy (non-hydrogen) atoms. The van der Waals surface area contributed by atoms with Crippen LogP contribution in [0.3, 0.4) is 0 Å². The lowest BCUT2D eigenvalue weighted by Crippen LogP contribution is -2.44. The van der Waals surface area contributed by atoms with Gasteiger partial charge in [0.05, 0.1) is 11.4 Å². The summed E-state index contributed by atoms with van der Waals surface area (Å²) in [6, 6.07) is 6.78. The molecular weight excluding hydrogens is 402 g/mol. The van der Waals surface area contributed by atoms with Crippen LogP contribution in [0.25, 0.3) is 0 Å². The number of amides is 1. The van der Waals surface area contributed by atoms with Crippen LogP contribution < -0.4 is 5.32 Å². The molecular formula is C21H27N5O3S. The predicted octanol–water partition coefficient (Wildman–Crippen LogP) is 2.60. The molecule has 9 heteroatoms. The Morgan fingerprint density at radius 1 is 1.30 bits per heavy atom. The minimum absolute atomic E-state index is 0.0861. The van der Waals surface area contributed by atoms with Crippen molar-refractivity contribution in [2.24, 2.45) is 10.3 Å². The Hall–Kier alpha value is -2.68. The molecule has 160 valence electrons. The van der Waals surface area contributed by atoms with Crippen LogP contribution >= 0.6 is 0 Å². The van der Waals surface area contributed by atoms with E-state index in [0.717, 1.165) is 30.6 Å². The molecule has 0 aliphatic carbocycles. The molecule has 2 aromatic rings. The molecule has 1 atom stereocenters. The van der Waals surface area contributed by atoms with E-state index in [9.17, 15) is 13.2 Å². The third-order valence-corrected chi connectivity index (χ3v) is 7.14. The van der Waals surface area contributed by atoms with Gasteiger partial charge in [0.25, 0.3) is 10.0 Å². The first-order valence-electron chi connectivity index (χ1n) is 10.4. The average molecular weight is 430 g/mol. The van der Waals surface area contributed by atoms with Gasteiger partial charge >= 0.3 is 0 Å². The first-order chi connectivity index (χ1) is 14.4. The summed E-state index contributed by atoms with van der Waals surface area (Å²) in [5, 5.41) is 7.61. The summed E-state index contributed by atoms with van der Waals surface area (Å²) in [6.45, 7) is 5.99. The molecule has 2 aliphatic rings. The molecule has 0 spiro atoms. The van der Waals surface area contributed by atoms with Gasteiger partial charge in [0, 0.05) is 38.2 Å². The van der Waals surface area contributed by atoms with Crippen molar-refractivity contribution in [2.75, 3.05) is 18.4 Å². The summed E-state index contributed by atoms with van der Waals surface area (Å²) in [5.74, 6) is 0.407. The smallest absolute Gasteiger partial charge is 0.286 e. The van der Waals surface area contributed by atoms with Gasteiger partial charge in [0.15, 0.2) is 0 Å². The summed E-state index contributed by atoms with van der Waals surface area (Å²) >= 11 is 0. The number of amidine groups is 1. The Labute approximate surface area is 177 Å². The number of aryl methyl sites for hydroxylation is 3. The minimum Gasteiger partial charge on any atom is -0.342 e. The zero-order chi connectivity index (χ0) is 21.3. The standard InChI is InChI=1S/C21H27N5O3S/c1-3-26-14-16(15(2)23-26)10-11-20(27)25-12-6-7-17(13-25)21-22-18-8-4-5-9-19(18)30(28,29)24-21/h4-5,8-9,14,17H,3,6-7,10-13H2,1-2H3,(H,22,24). The van der Waals surface area contributed by atoms with Crippen LogP contribution in [0, 0.1) is 12.8 Å². The molecule has 3 heterocycles. The van der Waals surface area contributed by atoms with Gasteiger partial charge in [-0.2, -0.15) is 13.5 Å². The first kappa shape index (κ1) is 20.6. The van der Waals surface area contributed by atoms with E-state index in [0.29, 0.717) is 37.5 Å². The number of nitrogens with one attached hydrogen (secondary N) is 1. The van der Waals surface area contributed by atoms with Gasteiger partial charge in [-0.15, -0.1) is 4.40 Å². The highest BCUT2D eigenvalue weighted by molar-refractivity contribution is 7.90.